The topological polar surface area (TPSA) is 71.5 Å². The van der Waals surface area contributed by atoms with Gasteiger partial charge in [0.05, 0.1) is 33.0 Å². The molecule has 7 heteroatoms. The molecule has 0 unspecified atom stereocenters. The average Bonchev–Trinajstić information content (AvgIpc) is 2.42. The summed E-state index contributed by atoms with van der Waals surface area (Å²) in [5.74, 6) is 0. The molecule has 0 spiro atoms. The van der Waals surface area contributed by atoms with Gasteiger partial charge >= 0.3 is 6.09 Å². The first-order valence-electron chi connectivity index (χ1n) is 6.60. The molecule has 0 saturated carbocycles. The standard InChI is InChI=1S/C12H24N2O5/c1-13-2-4-14(5-3-13)12(16)19-11-10-18-9-8-17-7-6-15/h15H,2-11H2,1H3. The summed E-state index contributed by atoms with van der Waals surface area (Å²) in [6.07, 6.45) is -0.270. The quantitative estimate of drug-likeness (QED) is 0.597. The molecule has 1 amide bonds. The molecule has 0 aromatic heterocycles. The molecule has 0 aliphatic carbocycles. The van der Waals surface area contributed by atoms with Crippen molar-refractivity contribution in [1.82, 2.24) is 9.80 Å². The third kappa shape index (κ3) is 7.31. The van der Waals surface area contributed by atoms with Crippen LogP contribution in [0.3, 0.4) is 0 Å². The van der Waals surface area contributed by atoms with Crippen molar-refractivity contribution >= 4 is 6.09 Å². The van der Waals surface area contributed by atoms with Gasteiger partial charge in [-0.05, 0) is 7.05 Å². The van der Waals surface area contributed by atoms with E-state index >= 15 is 0 Å². The van der Waals surface area contributed by atoms with Crippen LogP contribution >= 0.6 is 0 Å². The molecule has 0 atom stereocenters. The van der Waals surface area contributed by atoms with E-state index in [1.54, 1.807) is 4.90 Å². The highest BCUT2D eigenvalue weighted by Crippen LogP contribution is 2.01. The van der Waals surface area contributed by atoms with E-state index in [2.05, 4.69) is 4.90 Å². The molecule has 1 rings (SSSR count). The van der Waals surface area contributed by atoms with Gasteiger partial charge in [-0.15, -0.1) is 0 Å². The number of hydrogen-bond acceptors (Lipinski definition) is 6. The molecule has 0 aromatic rings. The Morgan fingerprint density at radius 3 is 2.21 bits per heavy atom. The van der Waals surface area contributed by atoms with Gasteiger partial charge in [0.25, 0.3) is 0 Å². The van der Waals surface area contributed by atoms with E-state index in [0.717, 1.165) is 13.1 Å². The second kappa shape index (κ2) is 9.96. The molecule has 1 aliphatic rings. The van der Waals surface area contributed by atoms with Crippen LogP contribution in [0.5, 0.6) is 0 Å². The molecule has 0 bridgehead atoms. The van der Waals surface area contributed by atoms with Gasteiger partial charge < -0.3 is 29.1 Å². The van der Waals surface area contributed by atoms with E-state index in [1.807, 2.05) is 7.05 Å². The number of likely N-dealkylation sites (N-methyl/N-ethyl adjacent to an activating group) is 1. The number of aliphatic hydroxyl groups is 1. The summed E-state index contributed by atoms with van der Waals surface area (Å²) in [6, 6.07) is 0. The zero-order chi connectivity index (χ0) is 13.9. The Labute approximate surface area is 114 Å². The van der Waals surface area contributed by atoms with E-state index in [9.17, 15) is 4.79 Å². The number of rotatable bonds is 8. The Kier molecular flexibility index (Phi) is 8.48. The normalized spacial score (nSPS) is 16.6. The van der Waals surface area contributed by atoms with Crippen LogP contribution in [0.25, 0.3) is 0 Å². The fourth-order valence-corrected chi connectivity index (χ4v) is 1.65. The molecule has 1 aliphatic heterocycles. The van der Waals surface area contributed by atoms with Gasteiger partial charge in [0.2, 0.25) is 0 Å². The first-order chi connectivity index (χ1) is 9.24. The average molecular weight is 276 g/mol. The van der Waals surface area contributed by atoms with Crippen molar-refractivity contribution in [3.8, 4) is 0 Å². The predicted octanol–water partition coefficient (Wildman–Crippen LogP) is -0.604. The maximum Gasteiger partial charge on any atom is 0.409 e. The highest BCUT2D eigenvalue weighted by atomic mass is 16.6. The van der Waals surface area contributed by atoms with Crippen molar-refractivity contribution < 1.29 is 24.1 Å². The summed E-state index contributed by atoms with van der Waals surface area (Å²) in [6.45, 7) is 5.02. The van der Waals surface area contributed by atoms with Gasteiger partial charge in [-0.3, -0.25) is 0 Å². The van der Waals surface area contributed by atoms with E-state index in [0.29, 0.717) is 39.5 Å². The lowest BCUT2D eigenvalue weighted by molar-refractivity contribution is 0.0123. The van der Waals surface area contributed by atoms with E-state index in [-0.39, 0.29) is 19.3 Å². The lowest BCUT2D eigenvalue weighted by Gasteiger charge is -2.31. The van der Waals surface area contributed by atoms with Crippen LogP contribution in [-0.4, -0.2) is 93.9 Å². The fraction of sp³-hybridized carbons (Fsp3) is 0.917. The summed E-state index contributed by atoms with van der Waals surface area (Å²) in [5, 5.41) is 8.48. The third-order valence-corrected chi connectivity index (χ3v) is 2.82. The van der Waals surface area contributed by atoms with Gasteiger partial charge in [0.15, 0.2) is 0 Å². The van der Waals surface area contributed by atoms with Crippen LogP contribution in [0.15, 0.2) is 0 Å². The number of carbonyl (C=O) groups is 1. The smallest absolute Gasteiger partial charge is 0.409 e. The minimum atomic E-state index is -0.270. The second-order valence-electron chi connectivity index (χ2n) is 4.35. The van der Waals surface area contributed by atoms with Crippen LogP contribution in [0.1, 0.15) is 0 Å². The van der Waals surface area contributed by atoms with Crippen molar-refractivity contribution in [1.29, 1.82) is 0 Å². The number of ether oxygens (including phenoxy) is 3. The Morgan fingerprint density at radius 1 is 1.00 bits per heavy atom. The number of nitrogens with zero attached hydrogens (tertiary/aromatic N) is 2. The van der Waals surface area contributed by atoms with Gasteiger partial charge in [-0.25, -0.2) is 4.79 Å². The maximum atomic E-state index is 11.7. The first kappa shape index (κ1) is 16.2. The molecule has 1 saturated heterocycles. The Hall–Kier alpha value is -0.890. The van der Waals surface area contributed by atoms with E-state index in [4.69, 9.17) is 19.3 Å². The highest BCUT2D eigenvalue weighted by molar-refractivity contribution is 5.67. The molecule has 1 fully saturated rings. The molecule has 1 N–H and O–H groups in total. The van der Waals surface area contributed by atoms with Crippen molar-refractivity contribution in [2.75, 3.05) is 72.9 Å². The molecule has 1 heterocycles. The van der Waals surface area contributed by atoms with Gasteiger partial charge in [0, 0.05) is 26.2 Å². The number of piperazine rings is 1. The van der Waals surface area contributed by atoms with Crippen LogP contribution in [0, 0.1) is 0 Å². The van der Waals surface area contributed by atoms with Crippen LogP contribution in [-0.2, 0) is 14.2 Å². The van der Waals surface area contributed by atoms with Crippen LogP contribution in [0.2, 0.25) is 0 Å². The number of carbonyl (C=O) groups excluding carboxylic acids is 1. The molecule has 0 aromatic carbocycles. The van der Waals surface area contributed by atoms with Crippen molar-refractivity contribution in [2.24, 2.45) is 0 Å². The fourth-order valence-electron chi connectivity index (χ4n) is 1.65. The zero-order valence-corrected chi connectivity index (χ0v) is 11.5. The summed E-state index contributed by atoms with van der Waals surface area (Å²) >= 11 is 0. The zero-order valence-electron chi connectivity index (χ0n) is 11.5. The summed E-state index contributed by atoms with van der Waals surface area (Å²) in [7, 11) is 2.04. The molecule has 7 nitrogen and oxygen atoms in total. The maximum absolute atomic E-state index is 11.7. The SMILES string of the molecule is CN1CCN(C(=O)OCCOCCOCCO)CC1. The van der Waals surface area contributed by atoms with Gasteiger partial charge in [0.1, 0.15) is 6.61 Å². The Morgan fingerprint density at radius 2 is 1.58 bits per heavy atom. The summed E-state index contributed by atoms with van der Waals surface area (Å²) < 4.78 is 15.4. The van der Waals surface area contributed by atoms with Gasteiger partial charge in [-0.1, -0.05) is 0 Å². The minimum absolute atomic E-state index is 0.0165. The number of hydrogen-bond donors (Lipinski definition) is 1. The molecule has 19 heavy (non-hydrogen) atoms. The van der Waals surface area contributed by atoms with E-state index in [1.165, 1.54) is 0 Å². The molecular weight excluding hydrogens is 252 g/mol. The molecule has 0 radical (unpaired) electrons. The lowest BCUT2D eigenvalue weighted by Crippen LogP contribution is -2.47. The first-order valence-corrected chi connectivity index (χ1v) is 6.60. The molecule has 112 valence electrons. The second-order valence-corrected chi connectivity index (χ2v) is 4.35. The van der Waals surface area contributed by atoms with Crippen LogP contribution in [0.4, 0.5) is 4.79 Å². The monoisotopic (exact) mass is 276 g/mol. The van der Waals surface area contributed by atoms with Gasteiger partial charge in [-0.2, -0.15) is 0 Å². The minimum Gasteiger partial charge on any atom is -0.447 e. The Balaban J connectivity index is 1.93. The Bertz CT molecular complexity index is 244. The van der Waals surface area contributed by atoms with Crippen molar-refractivity contribution in [3.63, 3.8) is 0 Å². The van der Waals surface area contributed by atoms with E-state index < -0.39 is 0 Å². The predicted molar refractivity (Wildman–Crippen MR) is 69.1 cm³/mol. The number of amides is 1. The highest BCUT2D eigenvalue weighted by Gasteiger charge is 2.19. The summed E-state index contributed by atoms with van der Waals surface area (Å²) in [4.78, 5) is 15.5. The lowest BCUT2D eigenvalue weighted by atomic mass is 10.3. The third-order valence-electron chi connectivity index (χ3n) is 2.82. The van der Waals surface area contributed by atoms with Crippen LogP contribution < -0.4 is 0 Å². The van der Waals surface area contributed by atoms with Crippen molar-refractivity contribution in [2.45, 2.75) is 0 Å². The van der Waals surface area contributed by atoms with Crippen molar-refractivity contribution in [3.05, 3.63) is 0 Å². The molecular formula is C12H24N2O5. The largest absolute Gasteiger partial charge is 0.447 e. The summed E-state index contributed by atoms with van der Waals surface area (Å²) in [5.41, 5.74) is 0. The number of aliphatic hydroxyl groups excluding tert-OH is 1.